The zero-order chi connectivity index (χ0) is 22.9. The lowest BCUT2D eigenvalue weighted by Crippen LogP contribution is -2.22. The number of nitrogens with zero attached hydrogens (tertiary/aromatic N) is 2. The first kappa shape index (κ1) is 21.1. The molecule has 3 aromatic rings. The molecule has 0 aliphatic carbocycles. The maximum Gasteiger partial charge on any atom is 0.335 e. The summed E-state index contributed by atoms with van der Waals surface area (Å²) in [5.41, 5.74) is 5.80. The Balaban J connectivity index is 1.48. The number of halogens is 2. The molecular weight excluding hydrogens is 441 g/mol. The molecule has 5 rings (SSSR count). The van der Waals surface area contributed by atoms with Gasteiger partial charge in [-0.1, -0.05) is 29.8 Å². The summed E-state index contributed by atoms with van der Waals surface area (Å²) in [4.78, 5) is 20.5. The number of hydrogen-bond donors (Lipinski definition) is 2. The molecule has 2 aliphatic heterocycles. The van der Waals surface area contributed by atoms with Crippen LogP contribution in [0.15, 0.2) is 82.3 Å². The average Bonchev–Trinajstić information content (AvgIpc) is 2.96. The summed E-state index contributed by atoms with van der Waals surface area (Å²) in [7, 11) is 0. The third-order valence-corrected chi connectivity index (χ3v) is 5.99. The average molecular weight is 460 g/mol. The summed E-state index contributed by atoms with van der Waals surface area (Å²) in [6.07, 6.45) is 2.17. The predicted molar refractivity (Wildman–Crippen MR) is 129 cm³/mol. The molecule has 0 radical (unpaired) electrons. The van der Waals surface area contributed by atoms with Crippen molar-refractivity contribution in [2.45, 2.75) is 12.6 Å². The second-order valence-corrected chi connectivity index (χ2v) is 8.30. The number of nitrogens with one attached hydrogen (secondary N) is 1. The van der Waals surface area contributed by atoms with Crippen molar-refractivity contribution < 1.29 is 14.3 Å². The van der Waals surface area contributed by atoms with Gasteiger partial charge in [0, 0.05) is 34.5 Å². The van der Waals surface area contributed by atoms with Crippen LogP contribution in [0.2, 0.25) is 5.02 Å². The summed E-state index contributed by atoms with van der Waals surface area (Å²) >= 11 is 6.32. The van der Waals surface area contributed by atoms with Crippen molar-refractivity contribution in [2.75, 3.05) is 11.9 Å². The third kappa shape index (κ3) is 4.17. The molecule has 2 N–H and O–H groups in total. The first-order valence-corrected chi connectivity index (χ1v) is 10.8. The fourth-order valence-electron chi connectivity index (χ4n) is 4.15. The zero-order valence-electron chi connectivity index (χ0n) is 17.4. The van der Waals surface area contributed by atoms with Gasteiger partial charge in [-0.3, -0.25) is 9.98 Å². The second kappa shape index (κ2) is 8.64. The van der Waals surface area contributed by atoms with Crippen LogP contribution >= 0.6 is 11.6 Å². The molecule has 3 aromatic carbocycles. The minimum Gasteiger partial charge on any atom is -0.478 e. The van der Waals surface area contributed by atoms with Crippen LogP contribution in [0.3, 0.4) is 0 Å². The van der Waals surface area contributed by atoms with Crippen molar-refractivity contribution in [1.29, 1.82) is 0 Å². The molecule has 33 heavy (non-hydrogen) atoms. The number of fused-ring (bicyclic) bond motifs is 2. The van der Waals surface area contributed by atoms with Crippen LogP contribution in [0.4, 0.5) is 10.1 Å². The van der Waals surface area contributed by atoms with Gasteiger partial charge in [0.2, 0.25) is 0 Å². The molecule has 7 heteroatoms. The first-order valence-electron chi connectivity index (χ1n) is 10.4. The van der Waals surface area contributed by atoms with Crippen molar-refractivity contribution in [2.24, 2.45) is 9.98 Å². The molecule has 0 spiro atoms. The van der Waals surface area contributed by atoms with Crippen molar-refractivity contribution in [1.82, 2.24) is 0 Å². The largest absolute Gasteiger partial charge is 0.478 e. The van der Waals surface area contributed by atoms with Crippen LogP contribution in [0.5, 0.6) is 0 Å². The van der Waals surface area contributed by atoms with Gasteiger partial charge in [-0.15, -0.1) is 0 Å². The zero-order valence-corrected chi connectivity index (χ0v) is 18.2. The second-order valence-electron chi connectivity index (χ2n) is 7.86. The van der Waals surface area contributed by atoms with E-state index in [1.165, 1.54) is 6.07 Å². The lowest BCUT2D eigenvalue weighted by Gasteiger charge is -2.24. The molecule has 0 fully saturated rings. The quantitative estimate of drug-likeness (QED) is 0.526. The Morgan fingerprint density at radius 2 is 1.82 bits per heavy atom. The molecule has 164 valence electrons. The lowest BCUT2D eigenvalue weighted by molar-refractivity contribution is 0.0697. The molecule has 2 aliphatic rings. The number of rotatable bonds is 4. The minimum absolute atomic E-state index is 0.227. The van der Waals surface area contributed by atoms with E-state index in [0.29, 0.717) is 29.3 Å². The van der Waals surface area contributed by atoms with Gasteiger partial charge in [-0.25, -0.2) is 9.18 Å². The molecule has 0 amide bonds. The molecule has 0 aromatic heterocycles. The van der Waals surface area contributed by atoms with Gasteiger partial charge < -0.3 is 10.4 Å². The van der Waals surface area contributed by atoms with E-state index >= 15 is 0 Å². The van der Waals surface area contributed by atoms with Crippen molar-refractivity contribution in [3.05, 3.63) is 105 Å². The molecule has 0 saturated heterocycles. The highest BCUT2D eigenvalue weighted by molar-refractivity contribution is 6.31. The Bertz CT molecular complexity index is 1350. The number of carbonyl (C=O) groups is 1. The van der Waals surface area contributed by atoms with Crippen LogP contribution in [0.25, 0.3) is 5.57 Å². The predicted octanol–water partition coefficient (Wildman–Crippen LogP) is 5.69. The van der Waals surface area contributed by atoms with E-state index in [0.717, 1.165) is 28.0 Å². The normalized spacial score (nSPS) is 17.0. The summed E-state index contributed by atoms with van der Waals surface area (Å²) in [6.45, 7) is 0.384. The van der Waals surface area contributed by atoms with Crippen molar-refractivity contribution in [3.8, 4) is 0 Å². The van der Waals surface area contributed by atoms with E-state index in [2.05, 4.69) is 10.3 Å². The highest BCUT2D eigenvalue weighted by atomic mass is 35.5. The summed E-state index contributed by atoms with van der Waals surface area (Å²) < 4.78 is 14.7. The van der Waals surface area contributed by atoms with E-state index in [4.69, 9.17) is 21.7 Å². The standard InChI is InChI=1S/C26H19ClFN3O2/c27-17-7-10-19-21-12-24(31-18-8-5-15(6-9-18)26(32)33)29-13-16(21)14-30-25(22(19)11-17)20-3-1-2-4-23(20)28/h1-11,13,24,31H,12,14H2,(H,32,33). The Morgan fingerprint density at radius 3 is 2.58 bits per heavy atom. The van der Waals surface area contributed by atoms with Gasteiger partial charge in [0.05, 0.1) is 17.8 Å². The fraction of sp³-hybridized carbons (Fsp3) is 0.115. The summed E-state index contributed by atoms with van der Waals surface area (Å²) in [5.74, 6) is -1.30. The van der Waals surface area contributed by atoms with Gasteiger partial charge in [-0.2, -0.15) is 0 Å². The maximum atomic E-state index is 14.7. The molecule has 1 atom stereocenters. The minimum atomic E-state index is -0.966. The highest BCUT2D eigenvalue weighted by Crippen LogP contribution is 2.35. The van der Waals surface area contributed by atoms with Crippen LogP contribution in [-0.2, 0) is 0 Å². The van der Waals surface area contributed by atoms with Gasteiger partial charge in [-0.05, 0) is 65.2 Å². The lowest BCUT2D eigenvalue weighted by atomic mass is 9.89. The smallest absolute Gasteiger partial charge is 0.335 e. The van der Waals surface area contributed by atoms with Crippen molar-refractivity contribution >= 4 is 40.8 Å². The molecule has 2 heterocycles. The Kier molecular flexibility index (Phi) is 5.52. The van der Waals surface area contributed by atoms with Gasteiger partial charge >= 0.3 is 5.97 Å². The fourth-order valence-corrected chi connectivity index (χ4v) is 4.32. The number of benzene rings is 3. The number of dihydropyridines is 1. The third-order valence-electron chi connectivity index (χ3n) is 5.76. The summed E-state index contributed by atoms with van der Waals surface area (Å²) in [6, 6.07) is 18.8. The highest BCUT2D eigenvalue weighted by Gasteiger charge is 2.26. The SMILES string of the molecule is O=C(O)c1ccc(NC2CC3=C(C=N2)CN=C(c2ccccc2F)c2cc(Cl)ccc23)cc1. The number of anilines is 1. The van der Waals surface area contributed by atoms with Crippen LogP contribution < -0.4 is 5.32 Å². The van der Waals surface area contributed by atoms with Gasteiger partial charge in [0.15, 0.2) is 0 Å². The number of hydrogen-bond acceptors (Lipinski definition) is 4. The van der Waals surface area contributed by atoms with E-state index in [1.807, 2.05) is 24.4 Å². The maximum absolute atomic E-state index is 14.7. The monoisotopic (exact) mass is 459 g/mol. The van der Waals surface area contributed by atoms with Gasteiger partial charge in [0.1, 0.15) is 12.0 Å². The van der Waals surface area contributed by atoms with E-state index < -0.39 is 5.97 Å². The Hall–Kier alpha value is -3.77. The van der Waals surface area contributed by atoms with Crippen LogP contribution in [0, 0.1) is 5.82 Å². The number of carboxylic acid groups (broad SMARTS) is 1. The molecule has 0 saturated carbocycles. The Labute approximate surface area is 195 Å². The van der Waals surface area contributed by atoms with E-state index in [-0.39, 0.29) is 17.5 Å². The molecule has 1 unspecified atom stereocenters. The number of aromatic carboxylic acids is 1. The topological polar surface area (TPSA) is 74.0 Å². The van der Waals surface area contributed by atoms with Crippen molar-refractivity contribution in [3.63, 3.8) is 0 Å². The van der Waals surface area contributed by atoms with Gasteiger partial charge in [0.25, 0.3) is 0 Å². The molecular formula is C26H19ClFN3O2. The first-order chi connectivity index (χ1) is 16.0. The molecule has 5 nitrogen and oxygen atoms in total. The van der Waals surface area contributed by atoms with E-state index in [1.54, 1.807) is 42.5 Å². The number of carboxylic acids is 1. The number of aliphatic imine (C=N–C) groups is 2. The van der Waals surface area contributed by atoms with Crippen LogP contribution in [-0.4, -0.2) is 35.7 Å². The van der Waals surface area contributed by atoms with E-state index in [9.17, 15) is 9.18 Å². The molecule has 0 bridgehead atoms. The Morgan fingerprint density at radius 1 is 1.03 bits per heavy atom. The summed E-state index contributed by atoms with van der Waals surface area (Å²) in [5, 5.41) is 13.0. The van der Waals surface area contributed by atoms with Crippen LogP contribution in [0.1, 0.15) is 33.5 Å².